The first-order valence-corrected chi connectivity index (χ1v) is 20.0. The molecule has 16 nitrogen and oxygen atoms in total. The Hall–Kier alpha value is -4.93. The highest BCUT2D eigenvalue weighted by Crippen LogP contribution is 2.45. The molecule has 3 aliphatic rings. The minimum Gasteiger partial charge on any atom is -0.497 e. The summed E-state index contributed by atoms with van der Waals surface area (Å²) in [4.78, 5) is 74.2. The molecule has 0 spiro atoms. The number of ether oxygens (including phenoxy) is 3. The number of amides is 5. The summed E-state index contributed by atoms with van der Waals surface area (Å²) >= 11 is 0. The lowest BCUT2D eigenvalue weighted by Gasteiger charge is -2.36. The Morgan fingerprint density at radius 2 is 1.82 bits per heavy atom. The maximum absolute atomic E-state index is 14.6. The van der Waals surface area contributed by atoms with Crippen molar-refractivity contribution < 1.29 is 46.6 Å². The van der Waals surface area contributed by atoms with Crippen molar-refractivity contribution in [3.63, 3.8) is 0 Å². The Balaban J connectivity index is 1.44. The number of benzene rings is 1. The normalized spacial score (nSPS) is 23.3. The second-order valence-electron chi connectivity index (χ2n) is 15.8. The van der Waals surface area contributed by atoms with Crippen molar-refractivity contribution >= 4 is 50.5 Å². The molecule has 1 aliphatic heterocycles. The molecular weight excluding hydrogens is 733 g/mol. The maximum Gasteiger partial charge on any atom is 0.328 e. The molecule has 1 aromatic heterocycles. The number of carbonyl (C=O) groups is 5. The Morgan fingerprint density at radius 3 is 2.40 bits per heavy atom. The zero-order chi connectivity index (χ0) is 40.5. The molecule has 1 aromatic carbocycles. The number of hydrogen-bond acceptors (Lipinski definition) is 11. The van der Waals surface area contributed by atoms with E-state index in [0.29, 0.717) is 24.0 Å². The Morgan fingerprint density at radius 1 is 1.11 bits per heavy atom. The number of esters is 1. The SMILES string of the molecule is C=C[C@H]1C[C@@]1(NC(=O)[C@H]1C[C@@H](Oc2nccc3cc(OC)ccc23)CN1C(=O)[C@@H](NC(=O)N[C@@H](C(=O)OCC)C(C)C)C(C)(C)C)C(=O)NS(=O)(=O)C1CC1. The number of nitrogens with one attached hydrogen (secondary N) is 4. The smallest absolute Gasteiger partial charge is 0.328 e. The predicted octanol–water partition coefficient (Wildman–Crippen LogP) is 2.56. The number of likely N-dealkylation sites (tertiary alicyclic amines) is 1. The van der Waals surface area contributed by atoms with Gasteiger partial charge >= 0.3 is 12.0 Å². The molecule has 0 radical (unpaired) electrons. The van der Waals surface area contributed by atoms with Gasteiger partial charge in [-0.3, -0.25) is 19.1 Å². The van der Waals surface area contributed by atoms with E-state index in [4.69, 9.17) is 14.2 Å². The zero-order valence-corrected chi connectivity index (χ0v) is 33.2. The monoisotopic (exact) mass is 784 g/mol. The van der Waals surface area contributed by atoms with Crippen molar-refractivity contribution in [1.82, 2.24) is 30.6 Å². The molecular formula is C38H52N6O10S. The van der Waals surface area contributed by atoms with Gasteiger partial charge in [-0.05, 0) is 67.2 Å². The second-order valence-corrected chi connectivity index (χ2v) is 17.7. The van der Waals surface area contributed by atoms with Gasteiger partial charge in [0.25, 0.3) is 5.91 Å². The number of nitrogens with zero attached hydrogens (tertiary/aromatic N) is 2. The van der Waals surface area contributed by atoms with Gasteiger partial charge in [0, 0.05) is 23.9 Å². The summed E-state index contributed by atoms with van der Waals surface area (Å²) in [5.41, 5.74) is -2.49. The lowest BCUT2D eigenvalue weighted by molar-refractivity contribution is -0.146. The van der Waals surface area contributed by atoms with E-state index in [1.165, 1.54) is 11.0 Å². The third kappa shape index (κ3) is 9.14. The third-order valence-corrected chi connectivity index (χ3v) is 12.0. The molecule has 2 saturated carbocycles. The molecule has 55 heavy (non-hydrogen) atoms. The molecule has 0 unspecified atom stereocenters. The molecule has 2 aromatic rings. The summed E-state index contributed by atoms with van der Waals surface area (Å²) in [6, 6.07) is 2.97. The van der Waals surface area contributed by atoms with Crippen LogP contribution in [0.1, 0.15) is 67.2 Å². The number of carbonyl (C=O) groups excluding carboxylic acids is 5. The molecule has 1 saturated heterocycles. The number of fused-ring (bicyclic) bond motifs is 1. The van der Waals surface area contributed by atoms with Gasteiger partial charge < -0.3 is 35.1 Å². The average Bonchev–Trinajstić information content (AvgIpc) is 4.05. The van der Waals surface area contributed by atoms with E-state index in [9.17, 15) is 32.4 Å². The van der Waals surface area contributed by atoms with Crippen molar-refractivity contribution in [1.29, 1.82) is 0 Å². The lowest BCUT2D eigenvalue weighted by Crippen LogP contribution is -2.61. The number of pyridine rings is 1. The van der Waals surface area contributed by atoms with Crippen LogP contribution in [0.5, 0.6) is 11.6 Å². The predicted molar refractivity (Wildman–Crippen MR) is 202 cm³/mol. The Labute approximate surface area is 321 Å². The fourth-order valence-electron chi connectivity index (χ4n) is 6.76. The van der Waals surface area contributed by atoms with Crippen LogP contribution >= 0.6 is 0 Å². The van der Waals surface area contributed by atoms with Gasteiger partial charge in [-0.2, -0.15) is 0 Å². The maximum atomic E-state index is 14.6. The van der Waals surface area contributed by atoms with Gasteiger partial charge in [0.15, 0.2) is 0 Å². The van der Waals surface area contributed by atoms with E-state index in [0.717, 1.165) is 5.39 Å². The summed E-state index contributed by atoms with van der Waals surface area (Å²) < 4.78 is 44.4. The van der Waals surface area contributed by atoms with E-state index in [-0.39, 0.29) is 37.8 Å². The van der Waals surface area contributed by atoms with Crippen LogP contribution in [0.25, 0.3) is 10.8 Å². The minimum absolute atomic E-state index is 0.0238. The minimum atomic E-state index is -3.93. The Bertz CT molecular complexity index is 1940. The number of sulfonamides is 1. The van der Waals surface area contributed by atoms with Gasteiger partial charge in [0.05, 0.1) is 25.5 Å². The highest BCUT2D eigenvalue weighted by Gasteiger charge is 2.62. The van der Waals surface area contributed by atoms with Crippen molar-refractivity contribution in [2.45, 2.75) is 102 Å². The van der Waals surface area contributed by atoms with Crippen LogP contribution in [0.15, 0.2) is 43.1 Å². The van der Waals surface area contributed by atoms with E-state index >= 15 is 0 Å². The number of rotatable bonds is 15. The number of methoxy groups -OCH3 is 1. The number of aromatic nitrogens is 1. The van der Waals surface area contributed by atoms with Crippen LogP contribution in [0.2, 0.25) is 0 Å². The molecule has 300 valence electrons. The molecule has 6 atom stereocenters. The van der Waals surface area contributed by atoms with Crippen LogP contribution in [0.4, 0.5) is 4.79 Å². The molecule has 5 amide bonds. The molecule has 2 heterocycles. The van der Waals surface area contributed by atoms with Gasteiger partial charge in [-0.15, -0.1) is 6.58 Å². The highest BCUT2D eigenvalue weighted by molar-refractivity contribution is 7.91. The van der Waals surface area contributed by atoms with E-state index < -0.39 is 86.1 Å². The number of urea groups is 1. The second kappa shape index (κ2) is 16.0. The van der Waals surface area contributed by atoms with Crippen molar-refractivity contribution in [3.05, 3.63) is 43.1 Å². The van der Waals surface area contributed by atoms with E-state index in [1.54, 1.807) is 73.0 Å². The first-order valence-electron chi connectivity index (χ1n) is 18.5. The van der Waals surface area contributed by atoms with Crippen molar-refractivity contribution in [3.8, 4) is 11.6 Å². The number of hydrogen-bond donors (Lipinski definition) is 4. The standard InChI is InChI=1S/C38H52N6O10S/c1-9-23-19-38(23,35(48)43-55(50,51)26-12-13-26)42-31(45)28-18-25(54-32-27-14-11-24(52-8)17-22(27)15-16-39-32)20-44(28)33(46)30(37(5,6)7)41-36(49)40-29(21(3)4)34(47)53-10-2/h9,11,14-17,21,23,25-26,28-30H,1,10,12-13,18-20H2,2-8H3,(H,42,45)(H,43,48)(H2,40,41,49)/t23-,25+,28+,29+,30+,38-/m0/s1. The largest absolute Gasteiger partial charge is 0.497 e. The third-order valence-electron chi connectivity index (χ3n) is 10.2. The van der Waals surface area contributed by atoms with E-state index in [2.05, 4.69) is 32.2 Å². The zero-order valence-electron chi connectivity index (χ0n) is 32.3. The summed E-state index contributed by atoms with van der Waals surface area (Å²) in [7, 11) is -2.37. The molecule has 17 heteroatoms. The van der Waals surface area contributed by atoms with Crippen LogP contribution < -0.4 is 30.1 Å². The van der Waals surface area contributed by atoms with Crippen LogP contribution in [0, 0.1) is 17.3 Å². The molecule has 5 rings (SSSR count). The van der Waals surface area contributed by atoms with E-state index in [1.807, 2.05) is 6.07 Å². The fourth-order valence-corrected chi connectivity index (χ4v) is 8.12. The average molecular weight is 785 g/mol. The summed E-state index contributed by atoms with van der Waals surface area (Å²) in [6.07, 6.45) is 3.25. The van der Waals surface area contributed by atoms with Crippen LogP contribution in [0.3, 0.4) is 0 Å². The molecule has 3 fully saturated rings. The van der Waals surface area contributed by atoms with Gasteiger partial charge in [-0.25, -0.2) is 23.0 Å². The summed E-state index contributed by atoms with van der Waals surface area (Å²) in [5, 5.41) is 8.90. The topological polar surface area (TPSA) is 211 Å². The Kier molecular flexibility index (Phi) is 12.0. The highest BCUT2D eigenvalue weighted by atomic mass is 32.2. The first kappa shape index (κ1) is 41.2. The van der Waals surface area contributed by atoms with Gasteiger partial charge in [0.1, 0.15) is 35.5 Å². The quantitative estimate of drug-likeness (QED) is 0.152. The van der Waals surface area contributed by atoms with Crippen molar-refractivity contribution in [2.75, 3.05) is 20.3 Å². The first-order chi connectivity index (χ1) is 25.8. The molecule has 2 aliphatic carbocycles. The van der Waals surface area contributed by atoms with Crippen LogP contribution in [-0.4, -0.2) is 103 Å². The summed E-state index contributed by atoms with van der Waals surface area (Å²) in [6.45, 7) is 14.2. The van der Waals surface area contributed by atoms with Crippen molar-refractivity contribution in [2.24, 2.45) is 17.3 Å². The van der Waals surface area contributed by atoms with Crippen LogP contribution in [-0.2, 0) is 33.9 Å². The van der Waals surface area contributed by atoms with Gasteiger partial charge in [-0.1, -0.05) is 40.7 Å². The summed E-state index contributed by atoms with van der Waals surface area (Å²) in [5.74, 6) is -2.81. The van der Waals surface area contributed by atoms with Gasteiger partial charge in [0.2, 0.25) is 27.7 Å². The molecule has 0 bridgehead atoms. The lowest BCUT2D eigenvalue weighted by atomic mass is 9.85. The fraction of sp³-hybridized carbons (Fsp3) is 0.579. The molecule has 4 N–H and O–H groups in total.